The van der Waals surface area contributed by atoms with E-state index in [0.717, 1.165) is 0 Å². The lowest BCUT2D eigenvalue weighted by Crippen LogP contribution is -2.29. The van der Waals surface area contributed by atoms with Gasteiger partial charge < -0.3 is 19.8 Å². The van der Waals surface area contributed by atoms with E-state index in [4.69, 9.17) is 0 Å². The number of carboxylic acid groups (broad SMARTS) is 2. The van der Waals surface area contributed by atoms with Crippen LogP contribution in [-0.2, 0) is 9.59 Å². The number of carbonyl (C=O) groups excluding carboxylic acids is 2. The molecule has 1 rings (SSSR count). The van der Waals surface area contributed by atoms with Gasteiger partial charge in [-0.3, -0.25) is 10.1 Å². The molecule has 96 valence electrons. The Morgan fingerprint density at radius 2 is 1.61 bits per heavy atom. The Morgan fingerprint density at radius 1 is 1.11 bits per heavy atom. The summed E-state index contributed by atoms with van der Waals surface area (Å²) in [4.78, 5) is 31.2. The third kappa shape index (κ3) is 3.55. The fourth-order valence-electron chi connectivity index (χ4n) is 1.69. The first kappa shape index (κ1) is 13.6. The number of hydrogen-bond donors (Lipinski definition) is 0. The Labute approximate surface area is 102 Å². The minimum Gasteiger partial charge on any atom is -0.550 e. The number of rotatable bonds is 6. The molecule has 0 unspecified atom stereocenters. The number of para-hydroxylation sites is 1. The van der Waals surface area contributed by atoms with Crippen LogP contribution in [0.3, 0.4) is 0 Å². The van der Waals surface area contributed by atoms with Gasteiger partial charge in [0.1, 0.15) is 0 Å². The number of nitro groups is 1. The number of aliphatic carboxylic acids is 2. The van der Waals surface area contributed by atoms with Crippen LogP contribution in [0.15, 0.2) is 24.3 Å². The molecule has 1 aromatic carbocycles. The fraction of sp³-hybridized carbons (Fsp3) is 0.273. The predicted molar refractivity (Wildman–Crippen MR) is 55.1 cm³/mol. The average molecular weight is 251 g/mol. The van der Waals surface area contributed by atoms with Gasteiger partial charge in [-0.25, -0.2) is 0 Å². The zero-order valence-electron chi connectivity index (χ0n) is 9.20. The molecule has 7 heteroatoms. The van der Waals surface area contributed by atoms with Crippen LogP contribution >= 0.6 is 0 Å². The molecule has 7 nitrogen and oxygen atoms in total. The van der Waals surface area contributed by atoms with Gasteiger partial charge in [0.05, 0.1) is 4.92 Å². The Balaban J connectivity index is 3.15. The zero-order valence-corrected chi connectivity index (χ0v) is 9.20. The maximum atomic E-state index is 10.8. The van der Waals surface area contributed by atoms with Crippen molar-refractivity contribution in [1.82, 2.24) is 0 Å². The van der Waals surface area contributed by atoms with Crippen LogP contribution in [0.25, 0.3) is 0 Å². The van der Waals surface area contributed by atoms with Gasteiger partial charge >= 0.3 is 0 Å². The van der Waals surface area contributed by atoms with E-state index in [9.17, 15) is 29.9 Å². The highest BCUT2D eigenvalue weighted by atomic mass is 16.6. The highest BCUT2D eigenvalue weighted by molar-refractivity contribution is 5.71. The zero-order chi connectivity index (χ0) is 13.7. The van der Waals surface area contributed by atoms with Crippen LogP contribution in [0.2, 0.25) is 0 Å². The number of nitrogens with zero attached hydrogens (tertiary/aromatic N) is 1. The second kappa shape index (κ2) is 5.76. The van der Waals surface area contributed by atoms with Gasteiger partial charge in [0, 0.05) is 29.5 Å². The van der Waals surface area contributed by atoms with E-state index < -0.39 is 35.6 Å². The molecule has 0 spiro atoms. The highest BCUT2D eigenvalue weighted by Gasteiger charge is 2.21. The molecule has 0 radical (unpaired) electrons. The first-order valence-electron chi connectivity index (χ1n) is 5.04. The molecule has 0 amide bonds. The third-order valence-corrected chi connectivity index (χ3v) is 2.40. The van der Waals surface area contributed by atoms with Crippen molar-refractivity contribution in [1.29, 1.82) is 0 Å². The van der Waals surface area contributed by atoms with Gasteiger partial charge in [-0.05, 0) is 12.8 Å². The van der Waals surface area contributed by atoms with Crippen LogP contribution < -0.4 is 10.2 Å². The summed E-state index contributed by atoms with van der Waals surface area (Å²) in [6, 6.07) is 5.40. The van der Waals surface area contributed by atoms with Crippen molar-refractivity contribution in [2.24, 2.45) is 0 Å². The predicted octanol–water partition coefficient (Wildman–Crippen LogP) is -1.04. The summed E-state index contributed by atoms with van der Waals surface area (Å²) in [7, 11) is 0. The Morgan fingerprint density at radius 3 is 2.06 bits per heavy atom. The molecule has 0 aliphatic rings. The van der Waals surface area contributed by atoms with Crippen LogP contribution in [0, 0.1) is 10.1 Å². The molecule has 0 bridgehead atoms. The number of carbonyl (C=O) groups is 2. The van der Waals surface area contributed by atoms with Crippen molar-refractivity contribution >= 4 is 17.6 Å². The lowest BCUT2D eigenvalue weighted by Gasteiger charge is -2.18. The van der Waals surface area contributed by atoms with Gasteiger partial charge in [-0.2, -0.15) is 0 Å². The van der Waals surface area contributed by atoms with Gasteiger partial charge in [-0.15, -0.1) is 0 Å². The Kier molecular flexibility index (Phi) is 4.36. The molecule has 0 fully saturated rings. The quantitative estimate of drug-likeness (QED) is 0.469. The molecule has 0 aliphatic heterocycles. The second-order valence-corrected chi connectivity index (χ2v) is 3.67. The maximum Gasteiger partial charge on any atom is 0.272 e. The van der Waals surface area contributed by atoms with Crippen LogP contribution in [0.1, 0.15) is 24.3 Å². The summed E-state index contributed by atoms with van der Waals surface area (Å²) >= 11 is 0. The van der Waals surface area contributed by atoms with Crippen LogP contribution in [0.4, 0.5) is 5.69 Å². The third-order valence-electron chi connectivity index (χ3n) is 2.40. The van der Waals surface area contributed by atoms with Gasteiger partial charge in [0.25, 0.3) is 5.69 Å². The summed E-state index contributed by atoms with van der Waals surface area (Å²) in [5.41, 5.74) is -0.263. The van der Waals surface area contributed by atoms with Crippen LogP contribution in [-0.4, -0.2) is 16.9 Å². The Hall–Kier alpha value is -2.44. The summed E-state index contributed by atoms with van der Waals surface area (Å²) in [5.74, 6) is -3.99. The van der Waals surface area contributed by atoms with Crippen molar-refractivity contribution in [3.8, 4) is 0 Å². The first-order chi connectivity index (χ1) is 8.41. The second-order valence-electron chi connectivity index (χ2n) is 3.67. The Bertz CT molecular complexity index is 468. The molecule has 18 heavy (non-hydrogen) atoms. The minimum absolute atomic E-state index is 0.0518. The van der Waals surface area contributed by atoms with E-state index in [0.29, 0.717) is 0 Å². The molecule has 0 saturated carbocycles. The first-order valence-corrected chi connectivity index (χ1v) is 5.04. The van der Waals surface area contributed by atoms with E-state index >= 15 is 0 Å². The van der Waals surface area contributed by atoms with Crippen molar-refractivity contribution in [3.05, 3.63) is 39.9 Å². The molecule has 0 aliphatic carbocycles. The standard InChI is InChI=1S/C11H11NO6/c13-10(14)5-7(6-11(15)16)8-3-1-2-4-9(8)12(17)18/h1-4,7H,5-6H2,(H,13,14)(H,15,16)/p-2. The molecule has 0 heterocycles. The summed E-state index contributed by atoms with van der Waals surface area (Å²) in [5, 5.41) is 31.9. The van der Waals surface area contributed by atoms with E-state index in [1.165, 1.54) is 24.3 Å². The maximum absolute atomic E-state index is 10.8. The molecule has 0 atom stereocenters. The normalized spacial score (nSPS) is 10.3. The van der Waals surface area contributed by atoms with E-state index in [1.807, 2.05) is 0 Å². The van der Waals surface area contributed by atoms with Crippen molar-refractivity contribution in [2.45, 2.75) is 18.8 Å². The molecular weight excluding hydrogens is 242 g/mol. The van der Waals surface area contributed by atoms with Crippen molar-refractivity contribution < 1.29 is 24.7 Å². The highest BCUT2D eigenvalue weighted by Crippen LogP contribution is 2.30. The smallest absolute Gasteiger partial charge is 0.272 e. The van der Waals surface area contributed by atoms with Gasteiger partial charge in [0.2, 0.25) is 0 Å². The number of nitro benzene ring substituents is 1. The molecule has 0 saturated heterocycles. The number of benzene rings is 1. The fourth-order valence-corrected chi connectivity index (χ4v) is 1.69. The summed E-state index contributed by atoms with van der Waals surface area (Å²) < 4.78 is 0. The number of carboxylic acids is 2. The van der Waals surface area contributed by atoms with E-state index in [2.05, 4.69) is 0 Å². The van der Waals surface area contributed by atoms with E-state index in [1.54, 1.807) is 0 Å². The summed E-state index contributed by atoms with van der Waals surface area (Å²) in [6.07, 6.45) is -1.22. The molecular formula is C11H9NO6-2. The topological polar surface area (TPSA) is 123 Å². The largest absolute Gasteiger partial charge is 0.550 e. The minimum atomic E-state index is -1.47. The lowest BCUT2D eigenvalue weighted by atomic mass is 9.91. The monoisotopic (exact) mass is 251 g/mol. The van der Waals surface area contributed by atoms with Crippen molar-refractivity contribution in [2.75, 3.05) is 0 Å². The average Bonchev–Trinajstić information content (AvgIpc) is 2.26. The molecule has 0 N–H and O–H groups in total. The molecule has 1 aromatic rings. The van der Waals surface area contributed by atoms with Crippen LogP contribution in [0.5, 0.6) is 0 Å². The van der Waals surface area contributed by atoms with Crippen molar-refractivity contribution in [3.63, 3.8) is 0 Å². The number of hydrogen-bond acceptors (Lipinski definition) is 6. The van der Waals surface area contributed by atoms with E-state index in [-0.39, 0.29) is 11.3 Å². The SMILES string of the molecule is O=C([O-])CC(CC(=O)[O-])c1ccccc1[N+](=O)[O-]. The molecule has 0 aromatic heterocycles. The van der Waals surface area contributed by atoms with Gasteiger partial charge in [0.15, 0.2) is 0 Å². The summed E-state index contributed by atoms with van der Waals surface area (Å²) in [6.45, 7) is 0. The lowest BCUT2D eigenvalue weighted by molar-refractivity contribution is -0.385. The van der Waals surface area contributed by atoms with Gasteiger partial charge in [-0.1, -0.05) is 18.2 Å².